The molecule has 0 amide bonds. The lowest BCUT2D eigenvalue weighted by atomic mass is 9.96. The van der Waals surface area contributed by atoms with Gasteiger partial charge in [0.2, 0.25) is 14.8 Å². The highest BCUT2D eigenvalue weighted by Gasteiger charge is 2.13. The monoisotopic (exact) mass is 380 g/mol. The summed E-state index contributed by atoms with van der Waals surface area (Å²) in [5.74, 6) is 0.0586. The molecular weight excluding hydrogens is 356 g/mol. The zero-order chi connectivity index (χ0) is 17.9. The number of benzene rings is 1. The van der Waals surface area contributed by atoms with Gasteiger partial charge in [0.1, 0.15) is 5.01 Å². The van der Waals surface area contributed by atoms with Crippen molar-refractivity contribution in [2.75, 3.05) is 10.5 Å². The molecule has 1 saturated carbocycles. The predicted octanol–water partition coefficient (Wildman–Crippen LogP) is 3.14. The van der Waals surface area contributed by atoms with Crippen molar-refractivity contribution >= 4 is 27.0 Å². The van der Waals surface area contributed by atoms with E-state index in [9.17, 15) is 8.42 Å². The summed E-state index contributed by atoms with van der Waals surface area (Å²) in [6, 6.07) is 7.72. The van der Waals surface area contributed by atoms with Crippen LogP contribution in [0.4, 0.5) is 5.69 Å². The average Bonchev–Trinajstić information content (AvgIpc) is 2.97. The summed E-state index contributed by atoms with van der Waals surface area (Å²) in [6.07, 6.45) is 6.18. The molecule has 1 aliphatic rings. The summed E-state index contributed by atoms with van der Waals surface area (Å²) < 4.78 is 27.6. The third kappa shape index (κ3) is 4.70. The lowest BCUT2D eigenvalue weighted by Gasteiger charge is -2.16. The standard InChI is InChI=1S/C17H24N4O2S2/c1-3-25(22,23)20-15-11-9-13(10-12-15)16-19-21(2)17(24-16)18-14-7-5-4-6-8-14/h9-12,14,20H,3-8H2,1-2H3. The fourth-order valence-electron chi connectivity index (χ4n) is 2.88. The third-order valence-corrected chi connectivity index (χ3v) is 6.73. The number of hydrogen-bond donors (Lipinski definition) is 1. The second kappa shape index (κ2) is 7.70. The Labute approximate surface area is 152 Å². The highest BCUT2D eigenvalue weighted by molar-refractivity contribution is 7.92. The average molecular weight is 381 g/mol. The Balaban J connectivity index is 1.80. The zero-order valence-corrected chi connectivity index (χ0v) is 16.2. The van der Waals surface area contributed by atoms with E-state index in [0.29, 0.717) is 11.7 Å². The molecule has 1 fully saturated rings. The summed E-state index contributed by atoms with van der Waals surface area (Å²) in [5, 5.41) is 5.46. The topological polar surface area (TPSA) is 76.3 Å². The summed E-state index contributed by atoms with van der Waals surface area (Å²) in [5.41, 5.74) is 1.53. The Morgan fingerprint density at radius 2 is 1.92 bits per heavy atom. The number of hydrogen-bond acceptors (Lipinski definition) is 5. The molecule has 6 nitrogen and oxygen atoms in total. The van der Waals surface area contributed by atoms with Crippen molar-refractivity contribution in [1.29, 1.82) is 0 Å². The predicted molar refractivity (Wildman–Crippen MR) is 102 cm³/mol. The molecule has 1 aromatic heterocycles. The van der Waals surface area contributed by atoms with Gasteiger partial charge in [-0.05, 0) is 44.0 Å². The van der Waals surface area contributed by atoms with E-state index < -0.39 is 10.0 Å². The normalized spacial score (nSPS) is 17.0. The van der Waals surface area contributed by atoms with Crippen molar-refractivity contribution in [3.8, 4) is 10.6 Å². The van der Waals surface area contributed by atoms with Gasteiger partial charge in [0.25, 0.3) is 0 Å². The van der Waals surface area contributed by atoms with Crippen LogP contribution in [-0.4, -0.2) is 30.0 Å². The molecule has 25 heavy (non-hydrogen) atoms. The van der Waals surface area contributed by atoms with Crippen LogP contribution >= 0.6 is 11.3 Å². The van der Waals surface area contributed by atoms with E-state index in [1.165, 1.54) is 32.1 Å². The van der Waals surface area contributed by atoms with Gasteiger partial charge >= 0.3 is 0 Å². The van der Waals surface area contributed by atoms with E-state index >= 15 is 0 Å². The quantitative estimate of drug-likeness (QED) is 0.866. The van der Waals surface area contributed by atoms with Gasteiger partial charge in [-0.25, -0.2) is 13.1 Å². The largest absolute Gasteiger partial charge is 0.284 e. The summed E-state index contributed by atoms with van der Waals surface area (Å²) >= 11 is 1.58. The number of nitrogens with one attached hydrogen (secondary N) is 1. The molecule has 1 aliphatic carbocycles. The second-order valence-electron chi connectivity index (χ2n) is 6.32. The van der Waals surface area contributed by atoms with Crippen LogP contribution in [0.1, 0.15) is 39.0 Å². The highest BCUT2D eigenvalue weighted by Crippen LogP contribution is 2.23. The Hall–Kier alpha value is -1.67. The van der Waals surface area contributed by atoms with E-state index in [1.807, 2.05) is 23.9 Å². The highest BCUT2D eigenvalue weighted by atomic mass is 32.2. The molecule has 8 heteroatoms. The molecule has 3 rings (SSSR count). The third-order valence-electron chi connectivity index (χ3n) is 4.36. The van der Waals surface area contributed by atoms with Gasteiger partial charge in [-0.2, -0.15) is 5.10 Å². The van der Waals surface area contributed by atoms with Gasteiger partial charge in [0, 0.05) is 18.3 Å². The molecular formula is C17H24N4O2S2. The van der Waals surface area contributed by atoms with Gasteiger partial charge in [0.05, 0.1) is 11.8 Å². The first-order valence-electron chi connectivity index (χ1n) is 8.66. The summed E-state index contributed by atoms with van der Waals surface area (Å²) in [4.78, 5) is 5.81. The van der Waals surface area contributed by atoms with Crippen LogP contribution in [0.5, 0.6) is 0 Å². The Morgan fingerprint density at radius 3 is 2.56 bits per heavy atom. The van der Waals surface area contributed by atoms with E-state index in [4.69, 9.17) is 4.99 Å². The molecule has 0 radical (unpaired) electrons. The first-order valence-corrected chi connectivity index (χ1v) is 11.1. The van der Waals surface area contributed by atoms with Gasteiger partial charge in [-0.3, -0.25) is 9.71 Å². The Morgan fingerprint density at radius 1 is 1.24 bits per heavy atom. The molecule has 0 spiro atoms. The molecule has 2 aromatic rings. The molecule has 0 atom stereocenters. The van der Waals surface area contributed by atoms with Crippen molar-refractivity contribution in [3.63, 3.8) is 0 Å². The van der Waals surface area contributed by atoms with Crippen molar-refractivity contribution in [1.82, 2.24) is 9.78 Å². The maximum Gasteiger partial charge on any atom is 0.232 e. The number of anilines is 1. The lowest BCUT2D eigenvalue weighted by molar-refractivity contribution is 0.434. The van der Waals surface area contributed by atoms with E-state index in [1.54, 1.807) is 30.4 Å². The Bertz CT molecular complexity index is 876. The molecule has 1 heterocycles. The van der Waals surface area contributed by atoms with Gasteiger partial charge in [-0.1, -0.05) is 30.6 Å². The number of nitrogens with zero attached hydrogens (tertiary/aromatic N) is 3. The molecule has 0 saturated heterocycles. The van der Waals surface area contributed by atoms with E-state index in [2.05, 4.69) is 9.82 Å². The SMILES string of the molecule is CCS(=O)(=O)Nc1ccc(-c2nn(C)c(=NC3CCCCC3)s2)cc1. The van der Waals surface area contributed by atoms with Gasteiger partial charge in [-0.15, -0.1) is 0 Å². The van der Waals surface area contributed by atoms with Crippen LogP contribution in [-0.2, 0) is 17.1 Å². The second-order valence-corrected chi connectivity index (χ2v) is 9.28. The van der Waals surface area contributed by atoms with Crippen LogP contribution in [0.3, 0.4) is 0 Å². The smallest absolute Gasteiger partial charge is 0.232 e. The Kier molecular flexibility index (Phi) is 5.58. The maximum absolute atomic E-state index is 11.6. The van der Waals surface area contributed by atoms with Gasteiger partial charge < -0.3 is 0 Å². The minimum atomic E-state index is -3.25. The van der Waals surface area contributed by atoms with Crippen molar-refractivity contribution in [2.45, 2.75) is 45.1 Å². The van der Waals surface area contributed by atoms with Crippen LogP contribution in [0, 0.1) is 0 Å². The van der Waals surface area contributed by atoms with Crippen molar-refractivity contribution in [2.24, 2.45) is 12.0 Å². The van der Waals surface area contributed by atoms with E-state index in [0.717, 1.165) is 15.4 Å². The summed E-state index contributed by atoms with van der Waals surface area (Å²) in [7, 11) is -1.33. The van der Waals surface area contributed by atoms with Crippen LogP contribution in [0.15, 0.2) is 29.3 Å². The van der Waals surface area contributed by atoms with Crippen molar-refractivity contribution < 1.29 is 8.42 Å². The first-order chi connectivity index (χ1) is 12.0. The molecule has 1 N–H and O–H groups in total. The fraction of sp³-hybridized carbons (Fsp3) is 0.529. The minimum Gasteiger partial charge on any atom is -0.284 e. The van der Waals surface area contributed by atoms with Crippen LogP contribution in [0.2, 0.25) is 0 Å². The number of aromatic nitrogens is 2. The molecule has 0 unspecified atom stereocenters. The molecule has 0 aliphatic heterocycles. The minimum absolute atomic E-state index is 0.0586. The molecule has 1 aromatic carbocycles. The zero-order valence-electron chi connectivity index (χ0n) is 14.6. The van der Waals surface area contributed by atoms with Gasteiger partial charge in [0.15, 0.2) is 0 Å². The first kappa shape index (κ1) is 18.1. The van der Waals surface area contributed by atoms with E-state index in [-0.39, 0.29) is 5.75 Å². The number of rotatable bonds is 5. The van der Waals surface area contributed by atoms with Crippen LogP contribution < -0.4 is 9.52 Å². The summed E-state index contributed by atoms with van der Waals surface area (Å²) in [6.45, 7) is 1.61. The van der Waals surface area contributed by atoms with Crippen LogP contribution in [0.25, 0.3) is 10.6 Å². The number of sulfonamides is 1. The fourth-order valence-corrected chi connectivity index (χ4v) is 4.48. The maximum atomic E-state index is 11.6. The number of aryl methyl sites for hydroxylation is 1. The molecule has 0 bridgehead atoms. The van der Waals surface area contributed by atoms with Crippen molar-refractivity contribution in [3.05, 3.63) is 29.1 Å². The lowest BCUT2D eigenvalue weighted by Crippen LogP contribution is -2.18. The molecule has 136 valence electrons.